The van der Waals surface area contributed by atoms with Crippen molar-refractivity contribution in [2.45, 2.75) is 20.5 Å². The van der Waals surface area contributed by atoms with E-state index < -0.39 is 5.97 Å². The maximum atomic E-state index is 12.6. The molecule has 0 aliphatic heterocycles. The Morgan fingerprint density at radius 2 is 1.62 bits per heavy atom. The third kappa shape index (κ3) is 7.85. The molecule has 0 radical (unpaired) electrons. The van der Waals surface area contributed by atoms with Crippen molar-refractivity contribution < 1.29 is 23.8 Å². The van der Waals surface area contributed by atoms with Crippen LogP contribution in [-0.2, 0) is 6.61 Å². The van der Waals surface area contributed by atoms with Crippen molar-refractivity contribution in [2.75, 3.05) is 6.61 Å². The summed E-state index contributed by atoms with van der Waals surface area (Å²) in [6, 6.07) is 24.3. The van der Waals surface area contributed by atoms with Crippen LogP contribution < -0.4 is 19.6 Å². The SMILES string of the molecule is CCOc1cc(/C=N/NC(=O)c2ccc(OCc3ccc(C)cc3)cc2)ccc1OC(=O)c1ccc(Cl)cc1Cl. The van der Waals surface area contributed by atoms with E-state index in [4.69, 9.17) is 37.4 Å². The van der Waals surface area contributed by atoms with Gasteiger partial charge in [-0.2, -0.15) is 5.10 Å². The molecule has 0 aliphatic carbocycles. The highest BCUT2D eigenvalue weighted by Crippen LogP contribution is 2.30. The van der Waals surface area contributed by atoms with Crippen LogP contribution in [0.5, 0.6) is 17.2 Å². The van der Waals surface area contributed by atoms with Gasteiger partial charge in [-0.1, -0.05) is 53.0 Å². The summed E-state index contributed by atoms with van der Waals surface area (Å²) in [6.45, 7) is 4.62. The van der Waals surface area contributed by atoms with Gasteiger partial charge < -0.3 is 14.2 Å². The maximum Gasteiger partial charge on any atom is 0.345 e. The number of carbonyl (C=O) groups is 2. The summed E-state index contributed by atoms with van der Waals surface area (Å²) in [4.78, 5) is 25.1. The summed E-state index contributed by atoms with van der Waals surface area (Å²) in [5.74, 6) is 0.170. The molecule has 4 rings (SSSR count). The number of benzene rings is 4. The predicted molar refractivity (Wildman–Crippen MR) is 156 cm³/mol. The van der Waals surface area contributed by atoms with Crippen LogP contribution in [0.3, 0.4) is 0 Å². The fourth-order valence-electron chi connectivity index (χ4n) is 3.55. The van der Waals surface area contributed by atoms with Gasteiger partial charge in [-0.05, 0) is 85.6 Å². The van der Waals surface area contributed by atoms with Gasteiger partial charge in [-0.15, -0.1) is 0 Å². The molecular formula is C31H26Cl2N2O5. The molecule has 9 heteroatoms. The van der Waals surface area contributed by atoms with Gasteiger partial charge >= 0.3 is 5.97 Å². The molecule has 0 bridgehead atoms. The summed E-state index contributed by atoms with van der Waals surface area (Å²) >= 11 is 12.0. The first kappa shape index (κ1) is 28.7. The van der Waals surface area contributed by atoms with Crippen molar-refractivity contribution in [3.05, 3.63) is 123 Å². The molecule has 204 valence electrons. The topological polar surface area (TPSA) is 86.2 Å². The molecule has 0 unspecified atom stereocenters. The number of ether oxygens (including phenoxy) is 3. The van der Waals surface area contributed by atoms with Crippen LogP contribution in [0.1, 0.15) is 44.3 Å². The molecule has 4 aromatic rings. The molecule has 0 atom stereocenters. The molecule has 0 spiro atoms. The van der Waals surface area contributed by atoms with Crippen LogP contribution in [0.2, 0.25) is 10.0 Å². The molecule has 0 heterocycles. The molecule has 0 saturated carbocycles. The first-order chi connectivity index (χ1) is 19.3. The van der Waals surface area contributed by atoms with Crippen molar-refractivity contribution in [1.29, 1.82) is 0 Å². The van der Waals surface area contributed by atoms with E-state index in [9.17, 15) is 9.59 Å². The van der Waals surface area contributed by atoms with Gasteiger partial charge in [0.15, 0.2) is 11.5 Å². The Bertz CT molecular complexity index is 1520. The number of aryl methyl sites for hydroxylation is 1. The largest absolute Gasteiger partial charge is 0.490 e. The number of hydrogen-bond donors (Lipinski definition) is 1. The van der Waals surface area contributed by atoms with Gasteiger partial charge in [-0.25, -0.2) is 10.2 Å². The van der Waals surface area contributed by atoms with Crippen molar-refractivity contribution in [3.8, 4) is 17.2 Å². The first-order valence-electron chi connectivity index (χ1n) is 12.4. The summed E-state index contributed by atoms with van der Waals surface area (Å²) in [7, 11) is 0. The second-order valence-corrected chi connectivity index (χ2v) is 9.49. The highest BCUT2D eigenvalue weighted by atomic mass is 35.5. The monoisotopic (exact) mass is 576 g/mol. The second-order valence-electron chi connectivity index (χ2n) is 8.65. The van der Waals surface area contributed by atoms with Crippen molar-refractivity contribution >= 4 is 41.3 Å². The van der Waals surface area contributed by atoms with Crippen LogP contribution in [0.25, 0.3) is 0 Å². The molecule has 4 aromatic carbocycles. The zero-order valence-corrected chi connectivity index (χ0v) is 23.3. The van der Waals surface area contributed by atoms with E-state index >= 15 is 0 Å². The summed E-state index contributed by atoms with van der Waals surface area (Å²) < 4.78 is 16.9. The van der Waals surface area contributed by atoms with Gasteiger partial charge in [0.1, 0.15) is 12.4 Å². The quantitative estimate of drug-likeness (QED) is 0.0928. The Morgan fingerprint density at radius 3 is 2.33 bits per heavy atom. The van der Waals surface area contributed by atoms with Gasteiger partial charge in [0.2, 0.25) is 0 Å². The molecule has 0 saturated heterocycles. The highest BCUT2D eigenvalue weighted by Gasteiger charge is 2.16. The van der Waals surface area contributed by atoms with E-state index in [-0.39, 0.29) is 22.2 Å². The number of hydrazone groups is 1. The van der Waals surface area contributed by atoms with Gasteiger partial charge in [0, 0.05) is 10.6 Å². The zero-order chi connectivity index (χ0) is 28.5. The molecule has 7 nitrogen and oxygen atoms in total. The van der Waals surface area contributed by atoms with Crippen LogP contribution in [0.15, 0.2) is 90.0 Å². The van der Waals surface area contributed by atoms with Crippen LogP contribution in [-0.4, -0.2) is 24.7 Å². The standard InChI is InChI=1S/C31H26Cl2N2O5/c1-3-38-29-16-22(8-15-28(29)40-31(37)26-14-11-24(32)17-27(26)33)18-34-35-30(36)23-9-12-25(13-10-23)39-19-21-6-4-20(2)5-7-21/h4-18H,3,19H2,1-2H3,(H,35,36)/b34-18+. The molecule has 1 amide bonds. The highest BCUT2D eigenvalue weighted by molar-refractivity contribution is 6.36. The Labute approximate surface area is 242 Å². The van der Waals surface area contributed by atoms with Crippen molar-refractivity contribution in [3.63, 3.8) is 0 Å². The van der Waals surface area contributed by atoms with E-state index in [0.717, 1.165) is 5.56 Å². The average molecular weight is 577 g/mol. The number of rotatable bonds is 10. The lowest BCUT2D eigenvalue weighted by Gasteiger charge is -2.12. The normalized spacial score (nSPS) is 10.8. The smallest absolute Gasteiger partial charge is 0.345 e. The summed E-state index contributed by atoms with van der Waals surface area (Å²) in [5, 5.41) is 4.62. The van der Waals surface area contributed by atoms with E-state index in [0.29, 0.717) is 40.9 Å². The van der Waals surface area contributed by atoms with Gasteiger partial charge in [0.25, 0.3) is 5.91 Å². The number of halogens is 2. The Morgan fingerprint density at radius 1 is 0.875 bits per heavy atom. The fraction of sp³-hybridized carbons (Fsp3) is 0.129. The Kier molecular flexibility index (Phi) is 9.78. The van der Waals surface area contributed by atoms with Gasteiger partial charge in [-0.3, -0.25) is 4.79 Å². The predicted octanol–water partition coefficient (Wildman–Crippen LogP) is 7.26. The third-order valence-electron chi connectivity index (χ3n) is 5.64. The molecule has 1 N–H and O–H groups in total. The number of nitrogens with one attached hydrogen (secondary N) is 1. The molecule has 40 heavy (non-hydrogen) atoms. The Balaban J connectivity index is 1.35. The number of carbonyl (C=O) groups excluding carboxylic acids is 2. The number of hydrogen-bond acceptors (Lipinski definition) is 6. The maximum absolute atomic E-state index is 12.6. The van der Waals surface area contributed by atoms with E-state index in [1.807, 2.05) is 38.1 Å². The van der Waals surface area contributed by atoms with Crippen LogP contribution in [0, 0.1) is 6.92 Å². The van der Waals surface area contributed by atoms with Crippen LogP contribution >= 0.6 is 23.2 Å². The summed E-state index contributed by atoms with van der Waals surface area (Å²) in [6.07, 6.45) is 1.46. The minimum Gasteiger partial charge on any atom is -0.490 e. The fourth-order valence-corrected chi connectivity index (χ4v) is 4.04. The lowest BCUT2D eigenvalue weighted by molar-refractivity contribution is 0.0728. The molecule has 0 aliphatic rings. The average Bonchev–Trinajstić information content (AvgIpc) is 2.94. The summed E-state index contributed by atoms with van der Waals surface area (Å²) in [5.41, 5.74) is 5.97. The molecule has 0 fully saturated rings. The minimum atomic E-state index is -0.650. The number of esters is 1. The van der Waals surface area contributed by atoms with E-state index in [1.54, 1.807) is 48.5 Å². The molecular weight excluding hydrogens is 551 g/mol. The third-order valence-corrected chi connectivity index (χ3v) is 6.19. The second kappa shape index (κ2) is 13.6. The zero-order valence-electron chi connectivity index (χ0n) is 21.8. The van der Waals surface area contributed by atoms with Crippen molar-refractivity contribution in [1.82, 2.24) is 5.43 Å². The lowest BCUT2D eigenvalue weighted by Crippen LogP contribution is -2.17. The number of nitrogens with zero attached hydrogens (tertiary/aromatic N) is 1. The number of amides is 1. The minimum absolute atomic E-state index is 0.174. The van der Waals surface area contributed by atoms with Crippen molar-refractivity contribution in [2.24, 2.45) is 5.10 Å². The first-order valence-corrected chi connectivity index (χ1v) is 13.1. The van der Waals surface area contributed by atoms with E-state index in [2.05, 4.69) is 10.5 Å². The molecule has 0 aromatic heterocycles. The van der Waals surface area contributed by atoms with Crippen LogP contribution in [0.4, 0.5) is 0 Å². The lowest BCUT2D eigenvalue weighted by atomic mass is 10.2. The van der Waals surface area contributed by atoms with Gasteiger partial charge in [0.05, 0.1) is 23.4 Å². The van der Waals surface area contributed by atoms with E-state index in [1.165, 1.54) is 23.9 Å². The Hall–Kier alpha value is -4.33.